The van der Waals surface area contributed by atoms with E-state index < -0.39 is 21.8 Å². The van der Waals surface area contributed by atoms with Crippen LogP contribution in [0, 0.1) is 18.7 Å². The lowest BCUT2D eigenvalue weighted by Gasteiger charge is -2.31. The lowest BCUT2D eigenvalue weighted by molar-refractivity contribution is -0.120. The summed E-state index contributed by atoms with van der Waals surface area (Å²) in [6.07, 6.45) is 4.85. The van der Waals surface area contributed by atoms with Crippen molar-refractivity contribution in [3.05, 3.63) is 76.9 Å². The molecule has 0 saturated carbocycles. The molecule has 2 heterocycles. The molecule has 1 amide bonds. The van der Waals surface area contributed by atoms with Crippen molar-refractivity contribution < 1.29 is 22.1 Å². The average Bonchev–Trinajstić information content (AvgIpc) is 3.24. The number of hydrogen-bond donors (Lipinski definition) is 1. The monoisotopic (exact) mass is 497 g/mol. The van der Waals surface area contributed by atoms with Gasteiger partial charge in [0.15, 0.2) is 10.7 Å². The van der Waals surface area contributed by atoms with E-state index in [9.17, 15) is 17.6 Å². The van der Waals surface area contributed by atoms with E-state index in [1.165, 1.54) is 22.5 Å². The van der Waals surface area contributed by atoms with E-state index in [4.69, 9.17) is 4.52 Å². The lowest BCUT2D eigenvalue weighted by atomic mass is 9.98. The molecular formula is C26H28FN3O4S. The molecule has 4 rings (SSSR count). The highest BCUT2D eigenvalue weighted by Gasteiger charge is 2.37. The van der Waals surface area contributed by atoms with Crippen molar-refractivity contribution in [3.63, 3.8) is 0 Å². The third-order valence-corrected chi connectivity index (χ3v) is 8.13. The van der Waals surface area contributed by atoms with Crippen LogP contribution in [0.15, 0.2) is 57.9 Å². The number of aryl methyl sites for hydroxylation is 2. The van der Waals surface area contributed by atoms with Crippen LogP contribution in [0.25, 0.3) is 12.2 Å². The smallest absolute Gasteiger partial charge is 0.248 e. The summed E-state index contributed by atoms with van der Waals surface area (Å²) in [6, 6.07) is 13.8. The summed E-state index contributed by atoms with van der Waals surface area (Å²) in [7, 11) is -3.99. The number of anilines is 1. The number of rotatable bonds is 7. The molecule has 184 valence electrons. The minimum absolute atomic E-state index is 0.0220. The zero-order chi connectivity index (χ0) is 25.0. The van der Waals surface area contributed by atoms with Gasteiger partial charge in [-0.15, -0.1) is 0 Å². The van der Waals surface area contributed by atoms with Gasteiger partial charge in [-0.3, -0.25) is 4.79 Å². The Morgan fingerprint density at radius 1 is 1.23 bits per heavy atom. The first-order chi connectivity index (χ1) is 16.8. The Balaban J connectivity index is 1.53. The van der Waals surface area contributed by atoms with Crippen LogP contribution in [0.4, 0.5) is 10.1 Å². The molecule has 1 aliphatic rings. The number of benzene rings is 2. The molecule has 3 aromatic rings. The van der Waals surface area contributed by atoms with Gasteiger partial charge in [-0.25, -0.2) is 12.8 Å². The molecule has 0 spiro atoms. The number of piperidine rings is 1. The maximum Gasteiger partial charge on any atom is 0.248 e. The normalized spacial score (nSPS) is 17.1. The van der Waals surface area contributed by atoms with Crippen molar-refractivity contribution in [3.8, 4) is 0 Å². The summed E-state index contributed by atoms with van der Waals surface area (Å²) in [5.74, 6) is -1.10. The zero-order valence-corrected chi connectivity index (χ0v) is 20.5. The molecule has 7 nitrogen and oxygen atoms in total. The molecule has 9 heteroatoms. The Hall–Kier alpha value is -3.30. The quantitative estimate of drug-likeness (QED) is 0.502. The Bertz CT molecular complexity index is 1350. The molecular weight excluding hydrogens is 469 g/mol. The Morgan fingerprint density at radius 2 is 2.03 bits per heavy atom. The highest BCUT2D eigenvalue weighted by Crippen LogP contribution is 2.30. The second-order valence-electron chi connectivity index (χ2n) is 8.56. The summed E-state index contributed by atoms with van der Waals surface area (Å²) in [6.45, 7) is 3.93. The minimum atomic E-state index is -3.99. The topological polar surface area (TPSA) is 92.5 Å². The Morgan fingerprint density at radius 3 is 2.80 bits per heavy atom. The molecule has 1 saturated heterocycles. The van der Waals surface area contributed by atoms with Crippen molar-refractivity contribution in [2.75, 3.05) is 18.4 Å². The fourth-order valence-corrected chi connectivity index (χ4v) is 5.97. The number of carbonyl (C=O) groups is 1. The lowest BCUT2D eigenvalue weighted by Crippen LogP contribution is -2.43. The van der Waals surface area contributed by atoms with Crippen LogP contribution in [0.2, 0.25) is 0 Å². The van der Waals surface area contributed by atoms with Gasteiger partial charge in [-0.2, -0.15) is 4.31 Å². The van der Waals surface area contributed by atoms with Gasteiger partial charge in [0.25, 0.3) is 0 Å². The van der Waals surface area contributed by atoms with E-state index in [1.54, 1.807) is 25.1 Å². The van der Waals surface area contributed by atoms with E-state index in [0.29, 0.717) is 30.6 Å². The Kier molecular flexibility index (Phi) is 7.47. The Labute approximate surface area is 204 Å². The number of halogens is 1. The van der Waals surface area contributed by atoms with Gasteiger partial charge in [0.05, 0.1) is 5.92 Å². The van der Waals surface area contributed by atoms with Crippen molar-refractivity contribution in [1.82, 2.24) is 9.46 Å². The van der Waals surface area contributed by atoms with E-state index in [-0.39, 0.29) is 28.8 Å². The number of carbonyl (C=O) groups excluding carboxylic acids is 1. The van der Waals surface area contributed by atoms with Crippen LogP contribution in [0.1, 0.15) is 42.3 Å². The second kappa shape index (κ2) is 10.5. The summed E-state index contributed by atoms with van der Waals surface area (Å²) in [5.41, 5.74) is 2.31. The van der Waals surface area contributed by atoms with Crippen molar-refractivity contribution in [1.29, 1.82) is 0 Å². The molecule has 1 N–H and O–H groups in total. The van der Waals surface area contributed by atoms with Gasteiger partial charge in [0, 0.05) is 24.3 Å². The summed E-state index contributed by atoms with van der Waals surface area (Å²) in [4.78, 5) is 12.9. The molecule has 1 aliphatic heterocycles. The maximum atomic E-state index is 14.0. The molecule has 1 aromatic heterocycles. The molecule has 35 heavy (non-hydrogen) atoms. The predicted molar refractivity (Wildman–Crippen MR) is 133 cm³/mol. The first-order valence-corrected chi connectivity index (χ1v) is 13.0. The molecule has 2 aromatic carbocycles. The van der Waals surface area contributed by atoms with Crippen molar-refractivity contribution in [2.24, 2.45) is 5.92 Å². The fraction of sp³-hybridized carbons (Fsp3) is 0.308. The minimum Gasteiger partial charge on any atom is -0.355 e. The first kappa shape index (κ1) is 24.8. The van der Waals surface area contributed by atoms with Gasteiger partial charge in [-0.1, -0.05) is 42.4 Å². The van der Waals surface area contributed by atoms with Crippen molar-refractivity contribution in [2.45, 2.75) is 38.0 Å². The summed E-state index contributed by atoms with van der Waals surface area (Å²) < 4.78 is 47.7. The first-order valence-electron chi connectivity index (χ1n) is 11.6. The third kappa shape index (κ3) is 5.52. The SMILES string of the molecule is CCc1cccc(NC(=O)[C@H]2CCCN(S(=O)(=O)c3c(C)noc3/C=C/c3ccccc3F)C2)c1. The molecule has 0 bridgehead atoms. The van der Waals surface area contributed by atoms with Crippen LogP contribution in [-0.4, -0.2) is 36.9 Å². The molecule has 0 radical (unpaired) electrons. The van der Waals surface area contributed by atoms with Gasteiger partial charge in [-0.05, 0) is 62.1 Å². The highest BCUT2D eigenvalue weighted by molar-refractivity contribution is 7.89. The largest absolute Gasteiger partial charge is 0.355 e. The third-order valence-electron chi connectivity index (χ3n) is 6.11. The van der Waals surface area contributed by atoms with Gasteiger partial charge >= 0.3 is 0 Å². The number of nitrogens with one attached hydrogen (secondary N) is 1. The zero-order valence-electron chi connectivity index (χ0n) is 19.7. The van der Waals surface area contributed by atoms with Gasteiger partial charge < -0.3 is 9.84 Å². The van der Waals surface area contributed by atoms with Gasteiger partial charge in [0.2, 0.25) is 15.9 Å². The van der Waals surface area contributed by atoms with Crippen LogP contribution in [0.5, 0.6) is 0 Å². The maximum absolute atomic E-state index is 14.0. The second-order valence-corrected chi connectivity index (χ2v) is 10.4. The molecule has 0 aliphatic carbocycles. The van der Waals surface area contributed by atoms with Crippen LogP contribution >= 0.6 is 0 Å². The van der Waals surface area contributed by atoms with Gasteiger partial charge in [0.1, 0.15) is 11.5 Å². The van der Waals surface area contributed by atoms with Crippen LogP contribution in [-0.2, 0) is 21.2 Å². The van der Waals surface area contributed by atoms with Crippen LogP contribution < -0.4 is 5.32 Å². The standard InChI is InChI=1S/C26H28FN3O4S/c1-3-19-8-6-11-22(16-19)28-26(31)21-10-7-15-30(17-21)35(32,33)25-18(2)29-34-24(25)14-13-20-9-4-5-12-23(20)27/h4-6,8-9,11-14,16,21H,3,7,10,15,17H2,1-2H3,(H,28,31)/b14-13+/t21-/m0/s1. The number of aromatic nitrogens is 1. The number of hydrogen-bond acceptors (Lipinski definition) is 5. The van der Waals surface area contributed by atoms with E-state index in [2.05, 4.69) is 10.5 Å². The van der Waals surface area contributed by atoms with Crippen molar-refractivity contribution >= 4 is 33.8 Å². The average molecular weight is 498 g/mol. The van der Waals surface area contributed by atoms with E-state index in [1.807, 2.05) is 31.2 Å². The van der Waals surface area contributed by atoms with E-state index >= 15 is 0 Å². The number of nitrogens with zero attached hydrogens (tertiary/aromatic N) is 2. The highest BCUT2D eigenvalue weighted by atomic mass is 32.2. The number of amides is 1. The van der Waals surface area contributed by atoms with E-state index in [0.717, 1.165) is 12.0 Å². The summed E-state index contributed by atoms with van der Waals surface area (Å²) in [5, 5.41) is 6.76. The molecule has 0 unspecified atom stereocenters. The molecule has 1 fully saturated rings. The summed E-state index contributed by atoms with van der Waals surface area (Å²) >= 11 is 0. The molecule has 1 atom stereocenters. The van der Waals surface area contributed by atoms with Crippen LogP contribution in [0.3, 0.4) is 0 Å². The number of sulfonamides is 1. The predicted octanol–water partition coefficient (Wildman–Crippen LogP) is 4.89. The fourth-order valence-electron chi connectivity index (χ4n) is 4.19.